The molecule has 1 unspecified atom stereocenters. The molecule has 2 N–H and O–H groups in total. The minimum atomic E-state index is -0.899. The second kappa shape index (κ2) is 8.73. The third kappa shape index (κ3) is 4.01. The first-order chi connectivity index (χ1) is 15.1. The van der Waals surface area contributed by atoms with Crippen LogP contribution in [0.1, 0.15) is 91.4 Å². The quantitative estimate of drug-likeness (QED) is 0.585. The van der Waals surface area contributed by atoms with E-state index in [1.165, 1.54) is 0 Å². The Labute approximate surface area is 191 Å². The van der Waals surface area contributed by atoms with Crippen LogP contribution in [0, 0.1) is 40.4 Å². The summed E-state index contributed by atoms with van der Waals surface area (Å²) in [5.41, 5.74) is -0.111. The van der Waals surface area contributed by atoms with Gasteiger partial charge in [0, 0.05) is 24.7 Å². The van der Waals surface area contributed by atoms with E-state index in [-0.39, 0.29) is 65.9 Å². The molecule has 6 nitrogen and oxygen atoms in total. The number of carbonyl (C=O) groups is 3. The van der Waals surface area contributed by atoms with Crippen LogP contribution in [0.4, 0.5) is 0 Å². The van der Waals surface area contributed by atoms with Crippen molar-refractivity contribution in [1.82, 2.24) is 0 Å². The van der Waals surface area contributed by atoms with E-state index in [9.17, 15) is 19.5 Å². The van der Waals surface area contributed by atoms with E-state index in [2.05, 4.69) is 13.8 Å². The fraction of sp³-hybridized carbons (Fsp3) is 0.885. The maximum absolute atomic E-state index is 12.8. The summed E-state index contributed by atoms with van der Waals surface area (Å²) in [4.78, 5) is 36.2. The molecule has 0 aromatic heterocycles. The molecule has 0 bridgehead atoms. The van der Waals surface area contributed by atoms with Gasteiger partial charge < -0.3 is 14.9 Å². The fourth-order valence-electron chi connectivity index (χ4n) is 8.71. The van der Waals surface area contributed by atoms with Gasteiger partial charge in [0.2, 0.25) is 0 Å². The molecule has 0 heterocycles. The molecule has 4 rings (SSSR count). The van der Waals surface area contributed by atoms with Crippen LogP contribution < -0.4 is 0 Å². The molecular formula is C26H40O6. The van der Waals surface area contributed by atoms with Gasteiger partial charge in [-0.15, -0.1) is 0 Å². The van der Waals surface area contributed by atoms with Gasteiger partial charge in [0.05, 0.1) is 6.10 Å². The average molecular weight is 449 g/mol. The van der Waals surface area contributed by atoms with Gasteiger partial charge in [-0.2, -0.15) is 0 Å². The maximum atomic E-state index is 12.8. The summed E-state index contributed by atoms with van der Waals surface area (Å²) in [6.07, 6.45) is 7.40. The summed E-state index contributed by atoms with van der Waals surface area (Å²) in [5.74, 6) is 0.678. The highest BCUT2D eigenvalue weighted by Gasteiger charge is 2.64. The second-order valence-electron chi connectivity index (χ2n) is 11.7. The number of rotatable bonds is 6. The van der Waals surface area contributed by atoms with Gasteiger partial charge >= 0.3 is 11.9 Å². The first kappa shape index (κ1) is 23.7. The lowest BCUT2D eigenvalue weighted by Gasteiger charge is -2.62. The smallest absolute Gasteiger partial charge is 0.306 e. The zero-order chi connectivity index (χ0) is 23.3. The van der Waals surface area contributed by atoms with Gasteiger partial charge in [-0.05, 0) is 93.3 Å². The summed E-state index contributed by atoms with van der Waals surface area (Å²) in [5, 5.41) is 19.2. The van der Waals surface area contributed by atoms with Gasteiger partial charge in [-0.25, -0.2) is 0 Å². The summed E-state index contributed by atoms with van der Waals surface area (Å²) >= 11 is 0. The van der Waals surface area contributed by atoms with E-state index >= 15 is 0 Å². The SMILES string of the molecule is CC(=O)[C@H]1CC[C@H]2[C@@H]3CC[C@@H]4C[C@H](O)CC[C@]4(C)[C@H]3C(OC(=O)CCCC(=O)O)C[C@]12C. The van der Waals surface area contributed by atoms with Crippen LogP contribution in [0.25, 0.3) is 0 Å². The number of carboxylic acids is 1. The number of ether oxygens (including phenoxy) is 1. The fourth-order valence-corrected chi connectivity index (χ4v) is 8.71. The normalized spacial score (nSPS) is 45.3. The molecule has 0 aliphatic heterocycles. The lowest BCUT2D eigenvalue weighted by molar-refractivity contribution is -0.199. The van der Waals surface area contributed by atoms with Crippen molar-refractivity contribution in [3.8, 4) is 0 Å². The molecule has 0 saturated heterocycles. The first-order valence-electron chi connectivity index (χ1n) is 12.7. The van der Waals surface area contributed by atoms with E-state index in [0.717, 1.165) is 51.4 Å². The van der Waals surface area contributed by atoms with Crippen molar-refractivity contribution in [1.29, 1.82) is 0 Å². The van der Waals surface area contributed by atoms with Crippen molar-refractivity contribution in [2.45, 2.75) is 104 Å². The number of aliphatic carboxylic acids is 1. The van der Waals surface area contributed by atoms with Crippen LogP contribution in [0.5, 0.6) is 0 Å². The Morgan fingerprint density at radius 2 is 1.75 bits per heavy atom. The zero-order valence-electron chi connectivity index (χ0n) is 19.8. The highest BCUT2D eigenvalue weighted by molar-refractivity contribution is 5.79. The molecule has 9 atom stereocenters. The Bertz CT molecular complexity index is 763. The van der Waals surface area contributed by atoms with Crippen molar-refractivity contribution in [3.63, 3.8) is 0 Å². The van der Waals surface area contributed by atoms with E-state index < -0.39 is 5.97 Å². The molecule has 4 aliphatic rings. The Balaban J connectivity index is 1.62. The van der Waals surface area contributed by atoms with Crippen LogP contribution in [0.2, 0.25) is 0 Å². The second-order valence-corrected chi connectivity index (χ2v) is 11.7. The number of Topliss-reactive ketones (excluding diaryl/α,β-unsaturated/α-hetero) is 1. The third-order valence-electron chi connectivity index (χ3n) is 10.1. The minimum Gasteiger partial charge on any atom is -0.481 e. The Morgan fingerprint density at radius 3 is 2.44 bits per heavy atom. The molecule has 32 heavy (non-hydrogen) atoms. The highest BCUT2D eigenvalue weighted by atomic mass is 16.5. The molecule has 0 aromatic carbocycles. The van der Waals surface area contributed by atoms with Crippen molar-refractivity contribution in [3.05, 3.63) is 0 Å². The van der Waals surface area contributed by atoms with Crippen molar-refractivity contribution in [2.75, 3.05) is 0 Å². The monoisotopic (exact) mass is 448 g/mol. The summed E-state index contributed by atoms with van der Waals surface area (Å²) in [6.45, 7) is 6.31. The lowest BCUT2D eigenvalue weighted by Crippen LogP contribution is -2.60. The molecule has 0 amide bonds. The number of carbonyl (C=O) groups excluding carboxylic acids is 2. The number of aliphatic hydroxyl groups excluding tert-OH is 1. The van der Waals surface area contributed by atoms with Crippen LogP contribution >= 0.6 is 0 Å². The predicted octanol–water partition coefficient (Wildman–Crippen LogP) is 4.37. The standard InChI is InChI=1S/C26H40O6/c1-15(27)19-9-10-20-18-8-7-16-13-17(28)11-12-25(16,2)24(18)21(14-26(19,20)3)32-23(31)6-4-5-22(29)30/h16-21,24,28H,4-14H2,1-3H3,(H,29,30)/t16-,17-,18+,19-,20+,21?,24-,25+,26-/m1/s1. The zero-order valence-corrected chi connectivity index (χ0v) is 19.8. The first-order valence-corrected chi connectivity index (χ1v) is 12.7. The number of carboxylic acid groups (broad SMARTS) is 1. The largest absolute Gasteiger partial charge is 0.481 e. The van der Waals surface area contributed by atoms with Crippen molar-refractivity contribution < 1.29 is 29.3 Å². The van der Waals surface area contributed by atoms with Crippen LogP contribution in [0.3, 0.4) is 0 Å². The van der Waals surface area contributed by atoms with E-state index in [1.54, 1.807) is 6.92 Å². The van der Waals surface area contributed by atoms with Gasteiger partial charge in [0.1, 0.15) is 11.9 Å². The molecule has 0 radical (unpaired) electrons. The molecular weight excluding hydrogens is 408 g/mol. The molecule has 0 spiro atoms. The number of hydrogen-bond acceptors (Lipinski definition) is 5. The molecule has 4 aliphatic carbocycles. The highest BCUT2D eigenvalue weighted by Crippen LogP contribution is 2.68. The Kier molecular flexibility index (Phi) is 6.47. The molecule has 4 saturated carbocycles. The average Bonchev–Trinajstić information content (AvgIpc) is 3.05. The molecule has 4 fully saturated rings. The number of hydrogen-bond donors (Lipinski definition) is 2. The summed E-state index contributed by atoms with van der Waals surface area (Å²) in [7, 11) is 0. The van der Waals surface area contributed by atoms with Crippen molar-refractivity contribution >= 4 is 17.7 Å². The lowest BCUT2D eigenvalue weighted by atomic mass is 9.43. The number of ketones is 1. The Hall–Kier alpha value is -1.43. The van der Waals surface area contributed by atoms with E-state index in [4.69, 9.17) is 9.84 Å². The number of aliphatic hydroxyl groups is 1. The van der Waals surface area contributed by atoms with Crippen LogP contribution in [0.15, 0.2) is 0 Å². The molecule has 180 valence electrons. The van der Waals surface area contributed by atoms with Crippen molar-refractivity contribution in [2.24, 2.45) is 40.4 Å². The van der Waals surface area contributed by atoms with Gasteiger partial charge in [-0.1, -0.05) is 13.8 Å². The van der Waals surface area contributed by atoms with Crippen LogP contribution in [-0.4, -0.2) is 40.1 Å². The third-order valence-corrected chi connectivity index (χ3v) is 10.1. The van der Waals surface area contributed by atoms with Gasteiger partial charge in [-0.3, -0.25) is 14.4 Å². The predicted molar refractivity (Wildman–Crippen MR) is 119 cm³/mol. The van der Waals surface area contributed by atoms with Crippen LogP contribution in [-0.2, 0) is 19.1 Å². The minimum absolute atomic E-state index is 0.0281. The molecule has 0 aromatic rings. The van der Waals surface area contributed by atoms with E-state index in [1.807, 2.05) is 0 Å². The topological polar surface area (TPSA) is 101 Å². The Morgan fingerprint density at radius 1 is 1.00 bits per heavy atom. The summed E-state index contributed by atoms with van der Waals surface area (Å²) < 4.78 is 6.18. The summed E-state index contributed by atoms with van der Waals surface area (Å²) in [6, 6.07) is 0. The maximum Gasteiger partial charge on any atom is 0.306 e. The van der Waals surface area contributed by atoms with Gasteiger partial charge in [0.15, 0.2) is 0 Å². The number of fused-ring (bicyclic) bond motifs is 5. The number of esters is 1. The van der Waals surface area contributed by atoms with Gasteiger partial charge in [0.25, 0.3) is 0 Å². The molecule has 6 heteroatoms. The van der Waals surface area contributed by atoms with E-state index in [0.29, 0.717) is 17.8 Å².